The highest BCUT2D eigenvalue weighted by Crippen LogP contribution is 2.37. The molecule has 1 aromatic carbocycles. The summed E-state index contributed by atoms with van der Waals surface area (Å²) < 4.78 is 23.6. The van der Waals surface area contributed by atoms with Gasteiger partial charge in [-0.15, -0.1) is 0 Å². The van der Waals surface area contributed by atoms with Crippen molar-refractivity contribution in [1.29, 1.82) is 0 Å². The molecule has 0 radical (unpaired) electrons. The van der Waals surface area contributed by atoms with E-state index in [0.29, 0.717) is 28.8 Å². The van der Waals surface area contributed by atoms with E-state index < -0.39 is 5.82 Å². The van der Waals surface area contributed by atoms with Crippen LogP contribution in [0.5, 0.6) is 5.75 Å². The summed E-state index contributed by atoms with van der Waals surface area (Å²) in [5.74, 6) is -0.666. The van der Waals surface area contributed by atoms with E-state index in [1.54, 1.807) is 6.07 Å². The summed E-state index contributed by atoms with van der Waals surface area (Å²) in [4.78, 5) is 11.5. The molecule has 1 heterocycles. The first-order chi connectivity index (χ1) is 7.63. The lowest BCUT2D eigenvalue weighted by atomic mass is 9.93. The second-order valence-electron chi connectivity index (χ2n) is 3.52. The summed E-state index contributed by atoms with van der Waals surface area (Å²) in [5, 5.41) is 0. The molecule has 1 aliphatic rings. The molecule has 0 amide bonds. The molecule has 1 aliphatic heterocycles. The van der Waals surface area contributed by atoms with Gasteiger partial charge in [-0.3, -0.25) is 4.79 Å². The van der Waals surface area contributed by atoms with Gasteiger partial charge >= 0.3 is 5.97 Å². The number of rotatable bonds is 1. The zero-order valence-electron chi connectivity index (χ0n) is 8.63. The molecule has 0 spiro atoms. The molecule has 1 aromatic rings. The SMILES string of the molecule is COC(=O)C1CCOc2cc(F)c(Br)cc21. The number of carbonyl (C=O) groups is 1. The Morgan fingerprint density at radius 1 is 1.62 bits per heavy atom. The highest BCUT2D eigenvalue weighted by molar-refractivity contribution is 9.10. The maximum Gasteiger partial charge on any atom is 0.313 e. The Morgan fingerprint density at radius 3 is 3.06 bits per heavy atom. The van der Waals surface area contributed by atoms with Crippen LogP contribution in [-0.2, 0) is 9.53 Å². The van der Waals surface area contributed by atoms with Gasteiger partial charge < -0.3 is 9.47 Å². The van der Waals surface area contributed by atoms with Crippen molar-refractivity contribution in [2.24, 2.45) is 0 Å². The third kappa shape index (κ3) is 1.91. The molecule has 0 saturated carbocycles. The van der Waals surface area contributed by atoms with Gasteiger partial charge in [0.05, 0.1) is 24.1 Å². The van der Waals surface area contributed by atoms with E-state index in [2.05, 4.69) is 15.9 Å². The number of esters is 1. The Morgan fingerprint density at radius 2 is 2.38 bits per heavy atom. The van der Waals surface area contributed by atoms with Crippen LogP contribution in [0.3, 0.4) is 0 Å². The first-order valence-electron chi connectivity index (χ1n) is 4.83. The van der Waals surface area contributed by atoms with Crippen molar-refractivity contribution >= 4 is 21.9 Å². The quantitative estimate of drug-likeness (QED) is 0.746. The van der Waals surface area contributed by atoms with Crippen LogP contribution < -0.4 is 4.74 Å². The summed E-state index contributed by atoms with van der Waals surface area (Å²) in [5.41, 5.74) is 0.673. The van der Waals surface area contributed by atoms with Crippen LogP contribution >= 0.6 is 15.9 Å². The Hall–Kier alpha value is -1.10. The van der Waals surface area contributed by atoms with Crippen molar-refractivity contribution in [3.05, 3.63) is 28.0 Å². The van der Waals surface area contributed by atoms with Gasteiger partial charge in [-0.25, -0.2) is 4.39 Å². The summed E-state index contributed by atoms with van der Waals surface area (Å²) in [6.07, 6.45) is 0.553. The zero-order chi connectivity index (χ0) is 11.7. The predicted octanol–water partition coefficient (Wildman–Crippen LogP) is 2.63. The van der Waals surface area contributed by atoms with Crippen LogP contribution in [0.4, 0.5) is 4.39 Å². The molecular formula is C11H10BrFO3. The van der Waals surface area contributed by atoms with E-state index in [9.17, 15) is 9.18 Å². The molecule has 3 nitrogen and oxygen atoms in total. The van der Waals surface area contributed by atoms with Crippen molar-refractivity contribution in [1.82, 2.24) is 0 Å². The van der Waals surface area contributed by atoms with Crippen molar-refractivity contribution in [2.75, 3.05) is 13.7 Å². The Labute approximate surface area is 101 Å². The molecule has 0 saturated heterocycles. The number of benzene rings is 1. The van der Waals surface area contributed by atoms with E-state index in [1.165, 1.54) is 13.2 Å². The lowest BCUT2D eigenvalue weighted by molar-refractivity contribution is -0.143. The lowest BCUT2D eigenvalue weighted by Crippen LogP contribution is -2.22. The Bertz CT molecular complexity index is 433. The lowest BCUT2D eigenvalue weighted by Gasteiger charge is -2.24. The van der Waals surface area contributed by atoms with Crippen LogP contribution in [0.2, 0.25) is 0 Å². The number of ether oxygens (including phenoxy) is 2. The van der Waals surface area contributed by atoms with E-state index in [4.69, 9.17) is 9.47 Å². The van der Waals surface area contributed by atoms with Gasteiger partial charge in [-0.1, -0.05) is 0 Å². The number of fused-ring (bicyclic) bond motifs is 1. The maximum atomic E-state index is 13.3. The Balaban J connectivity index is 2.45. The van der Waals surface area contributed by atoms with E-state index in [-0.39, 0.29) is 11.9 Å². The average Bonchev–Trinajstić information content (AvgIpc) is 2.29. The monoisotopic (exact) mass is 288 g/mol. The fourth-order valence-electron chi connectivity index (χ4n) is 1.77. The van der Waals surface area contributed by atoms with Gasteiger partial charge in [0, 0.05) is 11.6 Å². The summed E-state index contributed by atoms with van der Waals surface area (Å²) >= 11 is 3.09. The minimum absolute atomic E-state index is 0.317. The first-order valence-corrected chi connectivity index (χ1v) is 5.62. The summed E-state index contributed by atoms with van der Waals surface area (Å²) in [6.45, 7) is 0.397. The van der Waals surface area contributed by atoms with Gasteiger partial charge in [-0.2, -0.15) is 0 Å². The zero-order valence-corrected chi connectivity index (χ0v) is 10.2. The van der Waals surface area contributed by atoms with Crippen molar-refractivity contribution in [2.45, 2.75) is 12.3 Å². The smallest absolute Gasteiger partial charge is 0.313 e. The number of hydrogen-bond acceptors (Lipinski definition) is 3. The van der Waals surface area contributed by atoms with E-state index >= 15 is 0 Å². The second kappa shape index (κ2) is 4.41. The van der Waals surface area contributed by atoms with Crippen LogP contribution in [0.25, 0.3) is 0 Å². The van der Waals surface area contributed by atoms with Crippen LogP contribution in [0.15, 0.2) is 16.6 Å². The molecule has 5 heteroatoms. The van der Waals surface area contributed by atoms with Gasteiger partial charge in [0.2, 0.25) is 0 Å². The third-order valence-corrected chi connectivity index (χ3v) is 3.19. The molecule has 16 heavy (non-hydrogen) atoms. The number of halogens is 2. The molecule has 1 atom stereocenters. The molecule has 0 aliphatic carbocycles. The molecule has 86 valence electrons. The fraction of sp³-hybridized carbons (Fsp3) is 0.364. The second-order valence-corrected chi connectivity index (χ2v) is 4.37. The maximum absolute atomic E-state index is 13.3. The molecule has 2 rings (SSSR count). The normalized spacial score (nSPS) is 18.6. The largest absolute Gasteiger partial charge is 0.493 e. The number of hydrogen-bond donors (Lipinski definition) is 0. The third-order valence-electron chi connectivity index (χ3n) is 2.58. The van der Waals surface area contributed by atoms with Crippen LogP contribution in [-0.4, -0.2) is 19.7 Å². The van der Waals surface area contributed by atoms with Gasteiger partial charge in [0.15, 0.2) is 0 Å². The van der Waals surface area contributed by atoms with Crippen molar-refractivity contribution in [3.8, 4) is 5.75 Å². The van der Waals surface area contributed by atoms with E-state index in [1.807, 2.05) is 0 Å². The fourth-order valence-corrected chi connectivity index (χ4v) is 2.13. The molecule has 0 fully saturated rings. The minimum Gasteiger partial charge on any atom is -0.493 e. The van der Waals surface area contributed by atoms with Crippen LogP contribution in [0.1, 0.15) is 17.9 Å². The Kier molecular flexibility index (Phi) is 3.14. The predicted molar refractivity (Wildman–Crippen MR) is 59.0 cm³/mol. The molecular weight excluding hydrogens is 279 g/mol. The number of methoxy groups -OCH3 is 1. The highest BCUT2D eigenvalue weighted by Gasteiger charge is 2.29. The molecule has 0 bridgehead atoms. The average molecular weight is 289 g/mol. The van der Waals surface area contributed by atoms with Gasteiger partial charge in [0.25, 0.3) is 0 Å². The summed E-state index contributed by atoms with van der Waals surface area (Å²) in [6, 6.07) is 2.86. The molecule has 1 unspecified atom stereocenters. The van der Waals surface area contributed by atoms with Gasteiger partial charge in [-0.05, 0) is 28.4 Å². The molecule has 0 N–H and O–H groups in total. The first kappa shape index (κ1) is 11.4. The highest BCUT2D eigenvalue weighted by atomic mass is 79.9. The minimum atomic E-state index is -0.399. The van der Waals surface area contributed by atoms with Crippen molar-refractivity contribution < 1.29 is 18.7 Å². The van der Waals surface area contributed by atoms with Crippen LogP contribution in [0, 0.1) is 5.82 Å². The number of carbonyl (C=O) groups excluding carboxylic acids is 1. The standard InChI is InChI=1S/C11H10BrFO3/c1-15-11(14)6-2-3-16-10-5-9(13)8(12)4-7(6)10/h4-6H,2-3H2,1H3. The molecule has 0 aromatic heterocycles. The van der Waals surface area contributed by atoms with E-state index in [0.717, 1.165) is 0 Å². The van der Waals surface area contributed by atoms with Crippen molar-refractivity contribution in [3.63, 3.8) is 0 Å². The topological polar surface area (TPSA) is 35.5 Å². The summed E-state index contributed by atoms with van der Waals surface area (Å²) in [7, 11) is 1.34. The van der Waals surface area contributed by atoms with Gasteiger partial charge in [0.1, 0.15) is 11.6 Å².